The number of hydrogen-bond donors (Lipinski definition) is 4. The predicted octanol–water partition coefficient (Wildman–Crippen LogP) is 7.17. The Morgan fingerprint density at radius 1 is 0.930 bits per heavy atom. The van der Waals surface area contributed by atoms with E-state index in [0.29, 0.717) is 55.2 Å². The molecule has 0 amide bonds. The molecule has 4 bridgehead atoms. The molecular formula is C47H49N3O7. The van der Waals surface area contributed by atoms with Gasteiger partial charge in [-0.1, -0.05) is 85.5 Å². The Labute approximate surface area is 333 Å². The zero-order valence-electron chi connectivity index (χ0n) is 32.5. The van der Waals surface area contributed by atoms with E-state index >= 15 is 0 Å². The molecular weight excluding hydrogens is 719 g/mol. The first-order valence-electron chi connectivity index (χ1n) is 19.9. The van der Waals surface area contributed by atoms with Crippen LogP contribution in [-0.2, 0) is 19.3 Å². The van der Waals surface area contributed by atoms with E-state index in [9.17, 15) is 15.0 Å². The largest absolute Gasteiger partial charge is 0.508 e. The number of benzene rings is 4. The number of Topliss-reactive ketones (excluding diaryl/α,β-unsaturated/α-hetero) is 1. The Hall–Kier alpha value is -5.89. The normalized spacial score (nSPS) is 18.5. The van der Waals surface area contributed by atoms with Crippen molar-refractivity contribution >= 4 is 11.6 Å². The number of aromatic hydroxyl groups is 1. The van der Waals surface area contributed by atoms with Gasteiger partial charge in [-0.25, -0.2) is 0 Å². The van der Waals surface area contributed by atoms with Crippen LogP contribution in [0.3, 0.4) is 0 Å². The van der Waals surface area contributed by atoms with Crippen LogP contribution in [0, 0.1) is 11.8 Å². The summed E-state index contributed by atoms with van der Waals surface area (Å²) in [6, 6.07) is 27.6. The first kappa shape index (κ1) is 38.0. The number of fused-ring (bicyclic) bond motifs is 8. The summed E-state index contributed by atoms with van der Waals surface area (Å²) in [7, 11) is 1.55. The molecule has 3 atom stereocenters. The van der Waals surface area contributed by atoms with Gasteiger partial charge < -0.3 is 44.4 Å². The van der Waals surface area contributed by atoms with Crippen LogP contribution in [0.15, 0.2) is 84.9 Å². The number of aliphatic hydroxyl groups excluding tert-OH is 1. The van der Waals surface area contributed by atoms with E-state index in [1.807, 2.05) is 18.2 Å². The molecule has 0 spiro atoms. The van der Waals surface area contributed by atoms with E-state index in [2.05, 4.69) is 76.4 Å². The van der Waals surface area contributed by atoms with Crippen molar-refractivity contribution in [3.8, 4) is 51.7 Å². The van der Waals surface area contributed by atoms with Gasteiger partial charge in [0.25, 0.3) is 0 Å². The van der Waals surface area contributed by atoms with Crippen LogP contribution in [0.25, 0.3) is 11.1 Å². The molecule has 4 N–H and O–H groups in total. The van der Waals surface area contributed by atoms with E-state index in [-0.39, 0.29) is 48.5 Å². The number of nitrogens with zero attached hydrogens (tertiary/aromatic N) is 1. The van der Waals surface area contributed by atoms with Crippen LogP contribution < -0.4 is 29.2 Å². The molecule has 5 aromatic rings. The summed E-state index contributed by atoms with van der Waals surface area (Å²) in [5, 5.41) is 23.4. The number of anilines is 1. The number of aromatic nitrogens is 1. The molecule has 0 saturated carbocycles. The van der Waals surface area contributed by atoms with Gasteiger partial charge in [0.2, 0.25) is 5.75 Å². The van der Waals surface area contributed by atoms with Crippen molar-refractivity contribution in [2.24, 2.45) is 0 Å². The van der Waals surface area contributed by atoms with Crippen LogP contribution in [0.1, 0.15) is 70.1 Å². The van der Waals surface area contributed by atoms with Crippen molar-refractivity contribution in [2.45, 2.75) is 57.1 Å². The number of nitrogens with one attached hydrogen (secondary N) is 2. The minimum absolute atomic E-state index is 0.0455. The van der Waals surface area contributed by atoms with Crippen LogP contribution >= 0.6 is 0 Å². The lowest BCUT2D eigenvalue weighted by Crippen LogP contribution is -2.50. The van der Waals surface area contributed by atoms with Gasteiger partial charge >= 0.3 is 0 Å². The summed E-state index contributed by atoms with van der Waals surface area (Å²) < 4.78 is 26.3. The first-order valence-corrected chi connectivity index (χ1v) is 19.9. The Morgan fingerprint density at radius 2 is 1.75 bits per heavy atom. The van der Waals surface area contributed by atoms with Crippen LogP contribution in [0.4, 0.5) is 5.82 Å². The molecule has 1 aromatic heterocycles. The quantitative estimate of drug-likeness (QED) is 0.0773. The lowest BCUT2D eigenvalue weighted by molar-refractivity contribution is 0.0836. The molecule has 10 heteroatoms. The Kier molecular flexibility index (Phi) is 11.4. The molecule has 3 aliphatic rings. The number of methoxy groups -OCH3 is 1. The molecule has 57 heavy (non-hydrogen) atoms. The van der Waals surface area contributed by atoms with E-state index in [4.69, 9.17) is 18.9 Å². The Balaban J connectivity index is 1.33. The fourth-order valence-corrected chi connectivity index (χ4v) is 8.06. The number of aliphatic hydroxyl groups is 1. The number of ether oxygens (including phenoxy) is 4. The fourth-order valence-electron chi connectivity index (χ4n) is 8.06. The first-order chi connectivity index (χ1) is 27.9. The molecule has 294 valence electrons. The number of phenolic OH excluding ortho intramolecular Hbond substituents is 1. The summed E-state index contributed by atoms with van der Waals surface area (Å²) in [6.07, 6.45) is 1.77. The van der Waals surface area contributed by atoms with Crippen molar-refractivity contribution in [2.75, 3.05) is 51.5 Å². The number of H-pyrrole nitrogens is 1. The second-order valence-corrected chi connectivity index (χ2v) is 14.8. The number of piperazine rings is 1. The molecule has 0 aliphatic carbocycles. The molecule has 10 nitrogen and oxygen atoms in total. The van der Waals surface area contributed by atoms with Crippen LogP contribution in [0.2, 0.25) is 0 Å². The van der Waals surface area contributed by atoms with Gasteiger partial charge in [0.05, 0.1) is 44.3 Å². The maximum absolute atomic E-state index is 14.5. The number of aryl methyl sites for hydroxylation is 1. The summed E-state index contributed by atoms with van der Waals surface area (Å²) in [6.45, 7) is 4.84. The van der Waals surface area contributed by atoms with E-state index in [1.165, 1.54) is 11.3 Å². The summed E-state index contributed by atoms with van der Waals surface area (Å²) in [4.78, 5) is 20.6. The molecule has 3 aliphatic heterocycles. The third kappa shape index (κ3) is 8.04. The highest BCUT2D eigenvalue weighted by Crippen LogP contribution is 2.55. The monoisotopic (exact) mass is 767 g/mol. The van der Waals surface area contributed by atoms with Crippen molar-refractivity contribution < 1.29 is 34.0 Å². The van der Waals surface area contributed by atoms with Gasteiger partial charge in [0, 0.05) is 50.3 Å². The highest BCUT2D eigenvalue weighted by molar-refractivity contribution is 6.05. The van der Waals surface area contributed by atoms with E-state index < -0.39 is 12.0 Å². The molecule has 1 saturated heterocycles. The summed E-state index contributed by atoms with van der Waals surface area (Å²) in [5.74, 6) is 9.12. The smallest absolute Gasteiger partial charge is 0.204 e. The highest BCUT2D eigenvalue weighted by atomic mass is 16.5. The van der Waals surface area contributed by atoms with Crippen molar-refractivity contribution in [3.05, 3.63) is 118 Å². The Bertz CT molecular complexity index is 2270. The molecule has 4 heterocycles. The van der Waals surface area contributed by atoms with Gasteiger partial charge in [-0.05, 0) is 53.3 Å². The fraction of sp³-hybridized carbons (Fsp3) is 0.340. The van der Waals surface area contributed by atoms with Crippen molar-refractivity contribution in [1.82, 2.24) is 10.3 Å². The number of carbonyl (C=O) groups is 1. The summed E-state index contributed by atoms with van der Waals surface area (Å²) >= 11 is 0. The minimum Gasteiger partial charge on any atom is -0.508 e. The number of rotatable bonds is 12. The second-order valence-electron chi connectivity index (χ2n) is 14.8. The maximum Gasteiger partial charge on any atom is 0.204 e. The highest BCUT2D eigenvalue weighted by Gasteiger charge is 2.40. The lowest BCUT2D eigenvalue weighted by Gasteiger charge is -2.34. The van der Waals surface area contributed by atoms with Crippen LogP contribution in [-0.4, -0.2) is 73.6 Å². The predicted molar refractivity (Wildman–Crippen MR) is 220 cm³/mol. The standard InChI is InChI=1S/C47H49N3O7/c1-3-35-27-38-33-12-7-11-31(25-33)26-34(13-16-36-29-50(21-20-48-36)47(38)49-35)41-43-42(39(53)28-40(57-43)32-14-17-37(52)18-15-32)45(55-23-8-22-51)46(54-2)44(41)56-24-19-30-9-5-4-6-10-30/h4-7,9-12,14-15,17-18,25,27,34,36,40,48-49,51-52H,3,8,19-24,26,28-29H2,1-2H3/t34-,36+,40?/m1/s1. The third-order valence-corrected chi connectivity index (χ3v) is 10.9. The average Bonchev–Trinajstić information content (AvgIpc) is 3.68. The second kappa shape index (κ2) is 17.1. The zero-order valence-corrected chi connectivity index (χ0v) is 32.5. The summed E-state index contributed by atoms with van der Waals surface area (Å²) in [5.41, 5.74) is 7.29. The SMILES string of the molecule is CCc1cc2c([nH]1)N1CCN[C@@H](C#C[C@@H](c3c(OCCc4ccccc4)c(OC)c(OCCCO)c4c3OC(c3ccc(O)cc3)CC4=O)Cc3cccc-2c3)C1. The van der Waals surface area contributed by atoms with E-state index in [0.717, 1.165) is 47.6 Å². The molecule has 0 radical (unpaired) electrons. The van der Waals surface area contributed by atoms with Crippen molar-refractivity contribution in [3.63, 3.8) is 0 Å². The number of ketones is 1. The number of phenols is 1. The van der Waals surface area contributed by atoms with E-state index in [1.54, 1.807) is 31.4 Å². The maximum atomic E-state index is 14.5. The number of aromatic amines is 1. The topological polar surface area (TPSA) is 126 Å². The lowest BCUT2D eigenvalue weighted by atomic mass is 9.85. The van der Waals surface area contributed by atoms with Gasteiger partial charge in [-0.2, -0.15) is 0 Å². The average molecular weight is 768 g/mol. The Morgan fingerprint density at radius 3 is 2.54 bits per heavy atom. The van der Waals surface area contributed by atoms with Gasteiger partial charge in [0.1, 0.15) is 29.0 Å². The van der Waals surface area contributed by atoms with Crippen LogP contribution in [0.5, 0.6) is 28.7 Å². The number of hydrogen-bond acceptors (Lipinski definition) is 9. The van der Waals surface area contributed by atoms with Crippen molar-refractivity contribution in [1.29, 1.82) is 0 Å². The zero-order chi connectivity index (χ0) is 39.3. The molecule has 1 fully saturated rings. The third-order valence-electron chi connectivity index (χ3n) is 10.9. The molecule has 1 unspecified atom stereocenters. The number of carbonyl (C=O) groups excluding carboxylic acids is 1. The van der Waals surface area contributed by atoms with Gasteiger partial charge in [-0.15, -0.1) is 0 Å². The van der Waals surface area contributed by atoms with Gasteiger partial charge in [-0.3, -0.25) is 4.79 Å². The minimum atomic E-state index is -0.643. The van der Waals surface area contributed by atoms with Gasteiger partial charge in [0.15, 0.2) is 17.3 Å². The molecule has 8 rings (SSSR count). The molecule has 4 aromatic carbocycles.